The molecule has 7 heteroatoms. The van der Waals surface area contributed by atoms with Gasteiger partial charge in [0, 0.05) is 30.6 Å². The van der Waals surface area contributed by atoms with E-state index < -0.39 is 0 Å². The number of aromatic nitrogens is 5. The van der Waals surface area contributed by atoms with Gasteiger partial charge in [-0.1, -0.05) is 30.3 Å². The van der Waals surface area contributed by atoms with E-state index in [1.807, 2.05) is 0 Å². The fourth-order valence-electron chi connectivity index (χ4n) is 5.40. The molecule has 0 amide bonds. The number of rotatable bonds is 5. The van der Waals surface area contributed by atoms with Crippen molar-refractivity contribution in [2.75, 3.05) is 18.0 Å². The summed E-state index contributed by atoms with van der Waals surface area (Å²) in [6.07, 6.45) is 6.14. The Morgan fingerprint density at radius 1 is 0.806 bits per heavy atom. The molecule has 2 N–H and O–H groups in total. The van der Waals surface area contributed by atoms with E-state index in [1.54, 1.807) is 18.5 Å². The van der Waals surface area contributed by atoms with Gasteiger partial charge in [0.05, 0.1) is 16.8 Å². The van der Waals surface area contributed by atoms with Gasteiger partial charge in [0.1, 0.15) is 29.4 Å². The van der Waals surface area contributed by atoms with Crippen molar-refractivity contribution >= 4 is 16.9 Å². The second-order valence-electron chi connectivity index (χ2n) is 9.93. The summed E-state index contributed by atoms with van der Waals surface area (Å²) in [7, 11) is 0. The molecule has 2 fully saturated rings. The van der Waals surface area contributed by atoms with Gasteiger partial charge in [0.15, 0.2) is 0 Å². The van der Waals surface area contributed by atoms with Gasteiger partial charge < -0.3 is 14.9 Å². The molecule has 7 rings (SSSR count). The molecule has 6 nitrogen and oxygen atoms in total. The zero-order chi connectivity index (χ0) is 24.1. The fourth-order valence-corrected chi connectivity index (χ4v) is 5.40. The summed E-state index contributed by atoms with van der Waals surface area (Å²) >= 11 is 0. The topological polar surface area (TPSA) is 73.5 Å². The molecule has 36 heavy (non-hydrogen) atoms. The van der Waals surface area contributed by atoms with Gasteiger partial charge in [-0.25, -0.2) is 19.3 Å². The minimum atomic E-state index is -0.241. The molecular weight excluding hydrogens is 451 g/mol. The lowest BCUT2D eigenvalue weighted by Crippen LogP contribution is -2.34. The van der Waals surface area contributed by atoms with Gasteiger partial charge in [-0.05, 0) is 67.1 Å². The Bertz CT molecular complexity index is 1510. The molecule has 1 saturated heterocycles. The van der Waals surface area contributed by atoms with Crippen LogP contribution in [0.4, 0.5) is 10.2 Å². The lowest BCUT2D eigenvalue weighted by Gasteiger charge is -2.32. The van der Waals surface area contributed by atoms with Crippen LogP contribution in [0.15, 0.2) is 67.0 Å². The number of nitrogens with zero attached hydrogens (tertiary/aromatic N) is 4. The van der Waals surface area contributed by atoms with E-state index >= 15 is 0 Å². The summed E-state index contributed by atoms with van der Waals surface area (Å²) in [5.41, 5.74) is 6.32. The van der Waals surface area contributed by atoms with Gasteiger partial charge in [0.25, 0.3) is 0 Å². The van der Waals surface area contributed by atoms with Crippen LogP contribution in [0.1, 0.15) is 49.0 Å². The van der Waals surface area contributed by atoms with Crippen molar-refractivity contribution < 1.29 is 4.39 Å². The Hall–Kier alpha value is -4.00. The largest absolute Gasteiger partial charge is 0.356 e. The van der Waals surface area contributed by atoms with Gasteiger partial charge in [-0.3, -0.25) is 0 Å². The molecule has 1 saturated carbocycles. The van der Waals surface area contributed by atoms with Crippen LogP contribution >= 0.6 is 0 Å². The summed E-state index contributed by atoms with van der Waals surface area (Å²) in [6.45, 7) is 1.82. The van der Waals surface area contributed by atoms with Crippen LogP contribution in [-0.2, 0) is 0 Å². The number of H-pyrrole nitrogens is 2. The van der Waals surface area contributed by atoms with Crippen LogP contribution in [0.25, 0.3) is 33.5 Å². The van der Waals surface area contributed by atoms with Gasteiger partial charge >= 0.3 is 0 Å². The molecule has 2 aromatic carbocycles. The second kappa shape index (κ2) is 8.59. The normalized spacial score (nSPS) is 16.6. The maximum absolute atomic E-state index is 13.4. The molecule has 0 atom stereocenters. The molecular formula is C29H27FN6. The molecule has 1 aliphatic carbocycles. The van der Waals surface area contributed by atoms with E-state index in [0.717, 1.165) is 59.9 Å². The number of anilines is 1. The third kappa shape index (κ3) is 3.85. The smallest absolute Gasteiger partial charge is 0.143 e. The summed E-state index contributed by atoms with van der Waals surface area (Å²) in [6, 6.07) is 19.2. The number of imidazole rings is 1. The molecule has 0 radical (unpaired) electrons. The number of benzene rings is 2. The first kappa shape index (κ1) is 21.3. The van der Waals surface area contributed by atoms with E-state index in [-0.39, 0.29) is 5.82 Å². The summed E-state index contributed by atoms with van der Waals surface area (Å²) in [5, 5.41) is 0.996. The maximum Gasteiger partial charge on any atom is 0.143 e. The number of hydrogen-bond acceptors (Lipinski definition) is 4. The summed E-state index contributed by atoms with van der Waals surface area (Å²) < 4.78 is 13.4. The highest BCUT2D eigenvalue weighted by atomic mass is 19.1. The molecule has 0 bridgehead atoms. The van der Waals surface area contributed by atoms with Crippen molar-refractivity contribution in [1.29, 1.82) is 0 Å². The number of fused-ring (bicyclic) bond motifs is 1. The highest BCUT2D eigenvalue weighted by Gasteiger charge is 2.32. The van der Waals surface area contributed by atoms with Crippen molar-refractivity contribution in [3.05, 3.63) is 84.3 Å². The van der Waals surface area contributed by atoms with Gasteiger partial charge in [-0.15, -0.1) is 0 Å². The van der Waals surface area contributed by atoms with E-state index in [9.17, 15) is 4.39 Å². The molecule has 0 unspecified atom stereocenters. The lowest BCUT2D eigenvalue weighted by atomic mass is 9.96. The Balaban J connectivity index is 1.13. The molecule has 1 aliphatic heterocycles. The van der Waals surface area contributed by atoms with Crippen LogP contribution in [0.2, 0.25) is 0 Å². The third-order valence-electron chi connectivity index (χ3n) is 7.52. The first-order chi connectivity index (χ1) is 17.7. The first-order valence-corrected chi connectivity index (χ1v) is 12.7. The van der Waals surface area contributed by atoms with Crippen molar-refractivity contribution in [1.82, 2.24) is 24.9 Å². The maximum atomic E-state index is 13.4. The Labute approximate surface area is 208 Å². The molecule has 180 valence electrons. The van der Waals surface area contributed by atoms with Crippen LogP contribution < -0.4 is 4.90 Å². The lowest BCUT2D eigenvalue weighted by molar-refractivity contribution is 0.486. The third-order valence-corrected chi connectivity index (χ3v) is 7.52. The van der Waals surface area contributed by atoms with Gasteiger partial charge in [-0.2, -0.15) is 0 Å². The van der Waals surface area contributed by atoms with Crippen molar-refractivity contribution in [3.8, 4) is 22.5 Å². The van der Waals surface area contributed by atoms with Gasteiger partial charge in [0.2, 0.25) is 0 Å². The standard InChI is InChI=1S/C29H27FN6/c30-22-10-8-18(9-11-22)24-16-23-28(33-24)31-17-32-29(23)36-14-12-21(13-15-36)27-34-25(19-4-2-1-3-5-19)26(35-27)20-6-7-20/h1-5,8-11,16-17,20-21H,6-7,12-15H2,(H,34,35)(H,31,32,33). The number of hydrogen-bond donors (Lipinski definition) is 2. The highest BCUT2D eigenvalue weighted by molar-refractivity contribution is 5.92. The molecule has 3 aromatic heterocycles. The molecule has 0 spiro atoms. The van der Waals surface area contributed by atoms with Crippen LogP contribution in [0.3, 0.4) is 0 Å². The average molecular weight is 479 g/mol. The van der Waals surface area contributed by atoms with Crippen LogP contribution in [0.5, 0.6) is 0 Å². The minimum absolute atomic E-state index is 0.241. The quantitative estimate of drug-likeness (QED) is 0.306. The molecule has 4 heterocycles. The number of piperidine rings is 1. The van der Waals surface area contributed by atoms with E-state index in [1.165, 1.54) is 41.9 Å². The number of aromatic amines is 2. The zero-order valence-corrected chi connectivity index (χ0v) is 19.9. The zero-order valence-electron chi connectivity index (χ0n) is 19.9. The van der Waals surface area contributed by atoms with E-state index in [2.05, 4.69) is 61.2 Å². The van der Waals surface area contributed by atoms with E-state index in [4.69, 9.17) is 4.98 Å². The molecule has 2 aliphatic rings. The predicted octanol–water partition coefficient (Wildman–Crippen LogP) is 6.42. The fraction of sp³-hybridized carbons (Fsp3) is 0.276. The van der Waals surface area contributed by atoms with Crippen molar-refractivity contribution in [3.63, 3.8) is 0 Å². The number of halogens is 1. The summed E-state index contributed by atoms with van der Waals surface area (Å²) in [4.78, 5) is 23.7. The van der Waals surface area contributed by atoms with Crippen molar-refractivity contribution in [2.45, 2.75) is 37.5 Å². The monoisotopic (exact) mass is 478 g/mol. The highest BCUT2D eigenvalue weighted by Crippen LogP contribution is 2.44. The van der Waals surface area contributed by atoms with E-state index in [0.29, 0.717) is 11.8 Å². The van der Waals surface area contributed by atoms with Crippen LogP contribution in [-0.4, -0.2) is 38.0 Å². The van der Waals surface area contributed by atoms with Crippen molar-refractivity contribution in [2.24, 2.45) is 0 Å². The molecule has 5 aromatic rings. The van der Waals surface area contributed by atoms with Crippen LogP contribution in [0, 0.1) is 5.82 Å². The Morgan fingerprint density at radius 3 is 2.33 bits per heavy atom. The second-order valence-corrected chi connectivity index (χ2v) is 9.93. The first-order valence-electron chi connectivity index (χ1n) is 12.7. The SMILES string of the molecule is Fc1ccc(-c2cc3c(N4CCC(c5nc(C6CC6)c(-c6ccccc6)[nH]5)CC4)ncnc3[nH]2)cc1. The Morgan fingerprint density at radius 2 is 1.58 bits per heavy atom. The average Bonchev–Trinajstić information content (AvgIpc) is 3.52. The summed E-state index contributed by atoms with van der Waals surface area (Å²) in [5.74, 6) is 2.85. The number of nitrogens with one attached hydrogen (secondary N) is 2. The predicted molar refractivity (Wildman–Crippen MR) is 139 cm³/mol. The Kier molecular flexibility index (Phi) is 5.08. The minimum Gasteiger partial charge on any atom is -0.356 e.